The molecular formula is C34H39N3O5. The number of ether oxygens (including phenoxy) is 1. The number of carboxylic acid groups (broad SMARTS) is 1. The number of carbonyl (C=O) groups excluding carboxylic acids is 2. The lowest BCUT2D eigenvalue weighted by molar-refractivity contribution is -0.142. The number of nitrogens with zero attached hydrogens (tertiary/aromatic N) is 1. The lowest BCUT2D eigenvalue weighted by atomic mass is 9.82. The summed E-state index contributed by atoms with van der Waals surface area (Å²) in [5, 5.41) is 16.1. The van der Waals surface area contributed by atoms with Gasteiger partial charge in [-0.1, -0.05) is 57.2 Å². The smallest absolute Gasteiger partial charge is 0.326 e. The Morgan fingerprint density at radius 3 is 2.43 bits per heavy atom. The zero-order valence-corrected chi connectivity index (χ0v) is 24.4. The van der Waals surface area contributed by atoms with Crippen molar-refractivity contribution in [3.05, 3.63) is 96.2 Å². The van der Waals surface area contributed by atoms with Gasteiger partial charge < -0.3 is 25.0 Å². The van der Waals surface area contributed by atoms with E-state index in [9.17, 15) is 19.5 Å². The molecule has 8 heteroatoms. The minimum Gasteiger partial charge on any atom is -0.480 e. The molecular weight excluding hydrogens is 530 g/mol. The van der Waals surface area contributed by atoms with E-state index in [1.165, 1.54) is 5.56 Å². The van der Waals surface area contributed by atoms with Gasteiger partial charge in [0.25, 0.3) is 5.91 Å². The van der Waals surface area contributed by atoms with E-state index >= 15 is 0 Å². The summed E-state index contributed by atoms with van der Waals surface area (Å²) in [6.07, 6.45) is 4.21. The van der Waals surface area contributed by atoms with Crippen molar-refractivity contribution in [2.45, 2.75) is 64.5 Å². The highest BCUT2D eigenvalue weighted by atomic mass is 16.5. The molecule has 2 amide bonds. The molecule has 0 bridgehead atoms. The molecule has 42 heavy (non-hydrogen) atoms. The highest BCUT2D eigenvalue weighted by Gasteiger charge is 2.20. The predicted octanol–water partition coefficient (Wildman–Crippen LogP) is 6.29. The third-order valence-electron chi connectivity index (χ3n) is 7.68. The van der Waals surface area contributed by atoms with Crippen molar-refractivity contribution < 1.29 is 24.2 Å². The van der Waals surface area contributed by atoms with Crippen LogP contribution in [0.15, 0.2) is 85.1 Å². The molecule has 1 aromatic heterocycles. The third-order valence-corrected chi connectivity index (χ3v) is 7.68. The molecule has 4 rings (SSSR count). The Hall–Kier alpha value is -4.59. The summed E-state index contributed by atoms with van der Waals surface area (Å²) in [4.78, 5) is 37.0. The van der Waals surface area contributed by atoms with E-state index in [0.29, 0.717) is 36.4 Å². The number of carbonyl (C=O) groups is 3. The van der Waals surface area contributed by atoms with Crippen molar-refractivity contribution >= 4 is 28.7 Å². The van der Waals surface area contributed by atoms with Crippen molar-refractivity contribution in [3.63, 3.8) is 0 Å². The van der Waals surface area contributed by atoms with Crippen molar-refractivity contribution in [1.29, 1.82) is 0 Å². The van der Waals surface area contributed by atoms with Crippen LogP contribution in [0.1, 0.15) is 62.4 Å². The fraction of sp³-hybridized carbons (Fsp3) is 0.324. The van der Waals surface area contributed by atoms with Crippen LogP contribution in [-0.2, 0) is 21.5 Å². The monoisotopic (exact) mass is 569 g/mol. The molecule has 3 N–H and O–H groups in total. The van der Waals surface area contributed by atoms with Crippen molar-refractivity contribution in [1.82, 2.24) is 15.2 Å². The molecule has 0 saturated heterocycles. The predicted molar refractivity (Wildman–Crippen MR) is 164 cm³/mol. The SMILES string of the molecule is CCC(C)(C)c1ccc(Oc2cccc(C(=O)NCCCCC(NC(=O)Cn3ccc4ccccc43)C(=O)O)c2)cc1. The molecule has 220 valence electrons. The molecule has 8 nitrogen and oxygen atoms in total. The summed E-state index contributed by atoms with van der Waals surface area (Å²) < 4.78 is 7.77. The van der Waals surface area contributed by atoms with Gasteiger partial charge in [0.2, 0.25) is 5.91 Å². The number of unbranched alkanes of at least 4 members (excludes halogenated alkanes) is 1. The second-order valence-corrected chi connectivity index (χ2v) is 11.1. The minimum absolute atomic E-state index is 0.0402. The van der Waals surface area contributed by atoms with Gasteiger partial charge in [0.1, 0.15) is 24.1 Å². The van der Waals surface area contributed by atoms with E-state index in [2.05, 4.69) is 43.5 Å². The quantitative estimate of drug-likeness (QED) is 0.155. The summed E-state index contributed by atoms with van der Waals surface area (Å²) in [5.74, 6) is -0.407. The number of carboxylic acids is 1. The Kier molecular flexibility index (Phi) is 10.0. The van der Waals surface area contributed by atoms with Crippen molar-refractivity contribution in [2.24, 2.45) is 0 Å². The minimum atomic E-state index is -1.08. The van der Waals surface area contributed by atoms with Crippen LogP contribution in [0.4, 0.5) is 0 Å². The number of amides is 2. The maximum Gasteiger partial charge on any atom is 0.326 e. The fourth-order valence-corrected chi connectivity index (χ4v) is 4.72. The zero-order valence-electron chi connectivity index (χ0n) is 24.4. The first-order valence-electron chi connectivity index (χ1n) is 14.4. The Morgan fingerprint density at radius 2 is 1.69 bits per heavy atom. The van der Waals surface area contributed by atoms with Crippen LogP contribution < -0.4 is 15.4 Å². The Bertz CT molecular complexity index is 1520. The van der Waals surface area contributed by atoms with Gasteiger partial charge in [-0.3, -0.25) is 9.59 Å². The van der Waals surface area contributed by atoms with Crippen LogP contribution in [0.5, 0.6) is 11.5 Å². The molecule has 0 aliphatic rings. The largest absolute Gasteiger partial charge is 0.480 e. The number of para-hydroxylation sites is 1. The number of hydrogen-bond acceptors (Lipinski definition) is 4. The van der Waals surface area contributed by atoms with Crippen LogP contribution in [-0.4, -0.2) is 40.0 Å². The maximum absolute atomic E-state index is 12.7. The van der Waals surface area contributed by atoms with Crippen LogP contribution in [0.2, 0.25) is 0 Å². The van der Waals surface area contributed by atoms with Gasteiger partial charge in [-0.05, 0) is 84.5 Å². The number of benzene rings is 3. The van der Waals surface area contributed by atoms with Crippen LogP contribution in [0.25, 0.3) is 10.9 Å². The molecule has 0 radical (unpaired) electrons. The normalized spacial score (nSPS) is 12.1. The summed E-state index contributed by atoms with van der Waals surface area (Å²) in [5.41, 5.74) is 2.73. The van der Waals surface area contributed by atoms with E-state index in [4.69, 9.17) is 4.74 Å². The van der Waals surface area contributed by atoms with Gasteiger partial charge in [-0.25, -0.2) is 4.79 Å². The number of aliphatic carboxylic acids is 1. The van der Waals surface area contributed by atoms with E-state index in [0.717, 1.165) is 17.3 Å². The second kappa shape index (κ2) is 13.9. The Morgan fingerprint density at radius 1 is 0.929 bits per heavy atom. The number of rotatable bonds is 14. The standard InChI is InChI=1S/C34H39N3O5/c1-4-34(2,3)26-15-17-27(18-16-26)42-28-12-9-11-25(22-28)32(39)35-20-8-7-13-29(33(40)41)36-31(38)23-37-21-19-24-10-5-6-14-30(24)37/h5-6,9-12,14-19,21-22,29H,4,7-8,13,20,23H2,1-3H3,(H,35,39)(H,36,38)(H,40,41). The topological polar surface area (TPSA) is 110 Å². The van der Waals surface area contributed by atoms with Gasteiger partial charge in [0, 0.05) is 23.8 Å². The van der Waals surface area contributed by atoms with Crippen LogP contribution in [0.3, 0.4) is 0 Å². The molecule has 0 fully saturated rings. The van der Waals surface area contributed by atoms with E-state index in [-0.39, 0.29) is 30.2 Å². The highest BCUT2D eigenvalue weighted by molar-refractivity contribution is 5.94. The van der Waals surface area contributed by atoms with Crippen molar-refractivity contribution in [3.8, 4) is 11.5 Å². The van der Waals surface area contributed by atoms with Crippen molar-refractivity contribution in [2.75, 3.05) is 6.54 Å². The number of aromatic nitrogens is 1. The third kappa shape index (κ3) is 8.00. The molecule has 3 aromatic carbocycles. The fourth-order valence-electron chi connectivity index (χ4n) is 4.72. The molecule has 0 saturated carbocycles. The number of fused-ring (bicyclic) bond motifs is 1. The molecule has 0 spiro atoms. The van der Waals surface area contributed by atoms with Gasteiger partial charge >= 0.3 is 5.97 Å². The number of nitrogens with one attached hydrogen (secondary N) is 2. The average Bonchev–Trinajstić information content (AvgIpc) is 3.39. The van der Waals surface area contributed by atoms with Gasteiger partial charge in [0.05, 0.1) is 0 Å². The Labute approximate surface area is 246 Å². The first-order valence-corrected chi connectivity index (χ1v) is 14.4. The second-order valence-electron chi connectivity index (χ2n) is 11.1. The van der Waals surface area contributed by atoms with E-state index in [1.54, 1.807) is 28.8 Å². The Balaban J connectivity index is 1.21. The van der Waals surface area contributed by atoms with Gasteiger partial charge in [-0.15, -0.1) is 0 Å². The summed E-state index contributed by atoms with van der Waals surface area (Å²) in [6, 6.07) is 23.6. The summed E-state index contributed by atoms with van der Waals surface area (Å²) in [7, 11) is 0. The summed E-state index contributed by atoms with van der Waals surface area (Å²) in [6.45, 7) is 7.01. The molecule has 1 unspecified atom stereocenters. The maximum atomic E-state index is 12.7. The average molecular weight is 570 g/mol. The lowest BCUT2D eigenvalue weighted by Gasteiger charge is -2.23. The summed E-state index contributed by atoms with van der Waals surface area (Å²) >= 11 is 0. The first kappa shape index (κ1) is 30.4. The van der Waals surface area contributed by atoms with Crippen LogP contribution in [0, 0.1) is 0 Å². The lowest BCUT2D eigenvalue weighted by Crippen LogP contribution is -2.42. The van der Waals surface area contributed by atoms with E-state index < -0.39 is 12.0 Å². The van der Waals surface area contributed by atoms with Gasteiger partial charge in [0.15, 0.2) is 0 Å². The van der Waals surface area contributed by atoms with Crippen LogP contribution >= 0.6 is 0 Å². The molecule has 0 aliphatic heterocycles. The molecule has 4 aromatic rings. The van der Waals surface area contributed by atoms with E-state index in [1.807, 2.05) is 48.7 Å². The number of hydrogen-bond donors (Lipinski definition) is 3. The first-order chi connectivity index (χ1) is 20.2. The molecule has 1 atom stereocenters. The molecule has 1 heterocycles. The van der Waals surface area contributed by atoms with Gasteiger partial charge in [-0.2, -0.15) is 0 Å². The molecule has 0 aliphatic carbocycles. The zero-order chi connectivity index (χ0) is 30.1. The highest BCUT2D eigenvalue weighted by Crippen LogP contribution is 2.29.